The van der Waals surface area contributed by atoms with Gasteiger partial charge in [0.1, 0.15) is 0 Å². The first-order valence-electron chi connectivity index (χ1n) is 9.77. The second-order valence-corrected chi connectivity index (χ2v) is 7.87. The summed E-state index contributed by atoms with van der Waals surface area (Å²) in [4.78, 5) is 15.6. The van der Waals surface area contributed by atoms with E-state index in [1.807, 2.05) is 24.3 Å². The van der Waals surface area contributed by atoms with Gasteiger partial charge in [-0.1, -0.05) is 23.7 Å². The van der Waals surface area contributed by atoms with Gasteiger partial charge in [-0.2, -0.15) is 0 Å². The molecule has 0 saturated heterocycles. The molecule has 3 saturated carbocycles. The maximum absolute atomic E-state index is 11.5. The van der Waals surface area contributed by atoms with Gasteiger partial charge < -0.3 is 4.74 Å². The summed E-state index contributed by atoms with van der Waals surface area (Å²) in [5.41, 5.74) is 2.83. The minimum absolute atomic E-state index is 0.126. The minimum Gasteiger partial charge on any atom is -0.465 e. The molecule has 3 aliphatic rings. The molecule has 1 heterocycles. The average Bonchev–Trinajstić information content (AvgIpc) is 2.78. The third-order valence-electron chi connectivity index (χ3n) is 6.18. The third-order valence-corrected chi connectivity index (χ3v) is 6.18. The number of pyridine rings is 1. The summed E-state index contributed by atoms with van der Waals surface area (Å²) in [6.07, 6.45) is 10.3. The molecule has 3 fully saturated rings. The van der Waals surface area contributed by atoms with Crippen molar-refractivity contribution in [2.45, 2.75) is 38.5 Å². The maximum Gasteiger partial charge on any atom is 0.337 e. The van der Waals surface area contributed by atoms with Crippen LogP contribution in [0.5, 0.6) is 0 Å². The van der Waals surface area contributed by atoms with Gasteiger partial charge in [0.15, 0.2) is 0 Å². The summed E-state index contributed by atoms with van der Waals surface area (Å²) >= 11 is 0. The summed E-state index contributed by atoms with van der Waals surface area (Å²) in [6, 6.07) is 11.3. The Kier molecular flexibility index (Phi) is 4.93. The molecule has 3 aliphatic carbocycles. The number of rotatable bonds is 1. The molecule has 3 heteroatoms. The molecule has 0 radical (unpaired) electrons. The second-order valence-electron chi connectivity index (χ2n) is 7.87. The van der Waals surface area contributed by atoms with Crippen LogP contribution in [-0.2, 0) is 4.74 Å². The van der Waals surface area contributed by atoms with Crippen molar-refractivity contribution in [3.63, 3.8) is 0 Å². The first-order valence-corrected chi connectivity index (χ1v) is 9.77. The van der Waals surface area contributed by atoms with Crippen molar-refractivity contribution >= 4 is 5.97 Å². The smallest absolute Gasteiger partial charge is 0.337 e. The molecule has 1 aromatic carbocycles. The number of aromatic nitrogens is 1. The molecule has 140 valence electrons. The molecule has 28 heavy (non-hydrogen) atoms. The number of ether oxygens (including phenoxy) is 1. The van der Waals surface area contributed by atoms with Crippen molar-refractivity contribution < 1.29 is 9.53 Å². The van der Waals surface area contributed by atoms with Crippen molar-refractivity contribution in [2.75, 3.05) is 7.11 Å². The Hall–Kier alpha value is -3.04. The zero-order chi connectivity index (χ0) is 19.5. The summed E-state index contributed by atoms with van der Waals surface area (Å²) in [7, 11) is 1.39. The van der Waals surface area contributed by atoms with Crippen LogP contribution >= 0.6 is 0 Å². The van der Waals surface area contributed by atoms with E-state index in [1.165, 1.54) is 7.11 Å². The van der Waals surface area contributed by atoms with Crippen molar-refractivity contribution in [3.05, 3.63) is 65.5 Å². The number of methoxy groups -OCH3 is 1. The molecule has 2 bridgehead atoms. The molecule has 0 N–H and O–H groups in total. The van der Waals surface area contributed by atoms with Gasteiger partial charge in [0, 0.05) is 34.4 Å². The molecule has 0 atom stereocenters. The fourth-order valence-corrected chi connectivity index (χ4v) is 4.21. The zero-order valence-corrected chi connectivity index (χ0v) is 16.1. The maximum atomic E-state index is 11.5. The highest BCUT2D eigenvalue weighted by Gasteiger charge is 2.47. The SMILES string of the molecule is COC(=O)c1ccc(C#CC23CCC(C#Cc4ccncc4)(CC2)CC3)cc1. The molecular weight excluding hydrogens is 346 g/mol. The van der Waals surface area contributed by atoms with Gasteiger partial charge in [0.25, 0.3) is 0 Å². The van der Waals surface area contributed by atoms with Crippen LogP contribution in [0, 0.1) is 34.5 Å². The van der Waals surface area contributed by atoms with Crippen LogP contribution in [0.25, 0.3) is 0 Å². The van der Waals surface area contributed by atoms with Gasteiger partial charge in [-0.05, 0) is 74.9 Å². The van der Waals surface area contributed by atoms with Crippen LogP contribution in [-0.4, -0.2) is 18.1 Å². The minimum atomic E-state index is -0.318. The van der Waals surface area contributed by atoms with Crippen molar-refractivity contribution in [1.82, 2.24) is 4.98 Å². The van der Waals surface area contributed by atoms with Crippen LogP contribution in [0.3, 0.4) is 0 Å². The zero-order valence-electron chi connectivity index (χ0n) is 16.1. The van der Waals surface area contributed by atoms with Gasteiger partial charge in [-0.25, -0.2) is 4.79 Å². The number of esters is 1. The lowest BCUT2D eigenvalue weighted by Gasteiger charge is -2.48. The highest BCUT2D eigenvalue weighted by Crippen LogP contribution is 2.56. The Morgan fingerprint density at radius 3 is 1.75 bits per heavy atom. The van der Waals surface area contributed by atoms with Crippen LogP contribution in [0.1, 0.15) is 60.0 Å². The van der Waals surface area contributed by atoms with Gasteiger partial charge >= 0.3 is 5.97 Å². The van der Waals surface area contributed by atoms with E-state index < -0.39 is 0 Å². The Bertz CT molecular complexity index is 960. The highest BCUT2D eigenvalue weighted by atomic mass is 16.5. The molecule has 5 rings (SSSR count). The first kappa shape index (κ1) is 18.3. The van der Waals surface area contributed by atoms with E-state index in [0.29, 0.717) is 5.56 Å². The summed E-state index contributed by atoms with van der Waals surface area (Å²) in [6.45, 7) is 0. The number of carbonyl (C=O) groups excluding carboxylic acids is 1. The Morgan fingerprint density at radius 1 is 0.821 bits per heavy atom. The van der Waals surface area contributed by atoms with Gasteiger partial charge in [-0.15, -0.1) is 0 Å². The standard InChI is InChI=1S/C25H23NO2/c1-28-23(27)22-4-2-20(3-5-22)6-10-24-12-15-25(16-13-24,17-14-24)11-7-21-8-18-26-19-9-21/h2-5,8-9,18-19H,12-17H2,1H3. The number of hydrogen-bond donors (Lipinski definition) is 0. The summed E-state index contributed by atoms with van der Waals surface area (Å²) in [5.74, 6) is 13.5. The van der Waals surface area contributed by atoms with E-state index in [1.54, 1.807) is 24.5 Å². The van der Waals surface area contributed by atoms with Gasteiger partial charge in [-0.3, -0.25) is 4.98 Å². The van der Waals surface area contributed by atoms with E-state index in [9.17, 15) is 4.79 Å². The predicted octanol–water partition coefficient (Wildman–Crippen LogP) is 4.61. The fourth-order valence-electron chi connectivity index (χ4n) is 4.21. The number of nitrogens with zero attached hydrogens (tertiary/aromatic N) is 1. The molecular formula is C25H23NO2. The number of benzene rings is 1. The molecule has 2 aromatic rings. The highest BCUT2D eigenvalue weighted by molar-refractivity contribution is 5.89. The van der Waals surface area contributed by atoms with Crippen LogP contribution in [0.2, 0.25) is 0 Å². The molecule has 0 spiro atoms. The van der Waals surface area contributed by atoms with E-state index in [4.69, 9.17) is 4.74 Å². The number of carbonyl (C=O) groups is 1. The van der Waals surface area contributed by atoms with Crippen LogP contribution in [0.4, 0.5) is 0 Å². The van der Waals surface area contributed by atoms with Crippen molar-refractivity contribution in [1.29, 1.82) is 0 Å². The summed E-state index contributed by atoms with van der Waals surface area (Å²) in [5, 5.41) is 0. The lowest BCUT2D eigenvalue weighted by Crippen LogP contribution is -2.40. The lowest BCUT2D eigenvalue weighted by atomic mass is 9.54. The first-order chi connectivity index (χ1) is 13.6. The third kappa shape index (κ3) is 3.80. The van der Waals surface area contributed by atoms with E-state index in [-0.39, 0.29) is 16.8 Å². The number of fused-ring (bicyclic) bond motifs is 3. The Balaban J connectivity index is 1.44. The molecule has 0 unspecified atom stereocenters. The van der Waals surface area contributed by atoms with Crippen molar-refractivity contribution in [2.24, 2.45) is 10.8 Å². The molecule has 1 aromatic heterocycles. The lowest BCUT2D eigenvalue weighted by molar-refractivity contribution is 0.0600. The fraction of sp³-hybridized carbons (Fsp3) is 0.360. The van der Waals surface area contributed by atoms with Crippen LogP contribution in [0.15, 0.2) is 48.8 Å². The monoisotopic (exact) mass is 369 g/mol. The average molecular weight is 369 g/mol. The number of hydrogen-bond acceptors (Lipinski definition) is 3. The van der Waals surface area contributed by atoms with Crippen LogP contribution < -0.4 is 0 Å². The second kappa shape index (κ2) is 7.53. The largest absolute Gasteiger partial charge is 0.465 e. The predicted molar refractivity (Wildman–Crippen MR) is 108 cm³/mol. The van der Waals surface area contributed by atoms with Gasteiger partial charge in [0.2, 0.25) is 0 Å². The van der Waals surface area contributed by atoms with Gasteiger partial charge in [0.05, 0.1) is 12.7 Å². The molecule has 0 aliphatic heterocycles. The normalized spacial score (nSPS) is 25.0. The van der Waals surface area contributed by atoms with E-state index in [2.05, 4.69) is 28.7 Å². The van der Waals surface area contributed by atoms with Crippen molar-refractivity contribution in [3.8, 4) is 23.7 Å². The summed E-state index contributed by atoms with van der Waals surface area (Å²) < 4.78 is 4.74. The molecule has 0 amide bonds. The van der Waals surface area contributed by atoms with E-state index in [0.717, 1.165) is 49.7 Å². The quantitative estimate of drug-likeness (QED) is 0.544. The molecule has 3 nitrogen and oxygen atoms in total. The Morgan fingerprint density at radius 2 is 1.29 bits per heavy atom. The van der Waals surface area contributed by atoms with E-state index >= 15 is 0 Å². The Labute approximate surface area is 166 Å². The topological polar surface area (TPSA) is 39.2 Å².